The lowest BCUT2D eigenvalue weighted by Gasteiger charge is -2.34. The minimum absolute atomic E-state index is 0.527. The van der Waals surface area contributed by atoms with Crippen LogP contribution in [0.5, 0.6) is 0 Å². The van der Waals surface area contributed by atoms with E-state index in [0.29, 0.717) is 5.41 Å². The van der Waals surface area contributed by atoms with Gasteiger partial charge in [0, 0.05) is 11.6 Å². The molecule has 0 amide bonds. The lowest BCUT2D eigenvalue weighted by Crippen LogP contribution is -2.30. The molecular weight excluding hydrogens is 350 g/mol. The largest absolute Gasteiger partial charge is 0.220 e. The van der Waals surface area contributed by atoms with E-state index in [0.717, 1.165) is 5.92 Å². The van der Waals surface area contributed by atoms with E-state index in [1.54, 1.807) is 16.7 Å². The Morgan fingerprint density at radius 1 is 0.931 bits per heavy atom. The highest BCUT2D eigenvalue weighted by Crippen LogP contribution is 2.43. The Balaban J connectivity index is 1.58. The van der Waals surface area contributed by atoms with E-state index in [9.17, 15) is 0 Å². The number of benzene rings is 2. The van der Waals surface area contributed by atoms with Gasteiger partial charge in [0.15, 0.2) is 6.20 Å². The van der Waals surface area contributed by atoms with Crippen LogP contribution < -0.4 is 4.57 Å². The molecule has 0 N–H and O–H groups in total. The maximum atomic E-state index is 2.48. The molecule has 1 heteroatoms. The van der Waals surface area contributed by atoms with E-state index < -0.39 is 0 Å². The van der Waals surface area contributed by atoms with Crippen LogP contribution in [0.25, 0.3) is 22.0 Å². The van der Waals surface area contributed by atoms with E-state index in [4.69, 9.17) is 0 Å². The summed E-state index contributed by atoms with van der Waals surface area (Å²) in [7, 11) is 2.19. The van der Waals surface area contributed by atoms with Crippen LogP contribution in [-0.4, -0.2) is 0 Å². The van der Waals surface area contributed by atoms with Gasteiger partial charge in [0.25, 0.3) is 0 Å². The minimum atomic E-state index is 0.527. The van der Waals surface area contributed by atoms with Gasteiger partial charge >= 0.3 is 0 Å². The molecule has 29 heavy (non-hydrogen) atoms. The smallest absolute Gasteiger partial charge is 0.200 e. The quantitative estimate of drug-likeness (QED) is 0.427. The maximum Gasteiger partial charge on any atom is 0.220 e. The minimum Gasteiger partial charge on any atom is -0.200 e. The van der Waals surface area contributed by atoms with Crippen LogP contribution in [0.15, 0.2) is 42.6 Å². The van der Waals surface area contributed by atoms with Crippen molar-refractivity contribution in [3.63, 3.8) is 0 Å². The first-order valence-electron chi connectivity index (χ1n) is 11.5. The first-order chi connectivity index (χ1) is 13.9. The summed E-state index contributed by atoms with van der Waals surface area (Å²) in [5, 5.41) is 2.77. The zero-order chi connectivity index (χ0) is 20.2. The average molecular weight is 385 g/mol. The number of fused-ring (bicyclic) bond motifs is 2. The summed E-state index contributed by atoms with van der Waals surface area (Å²) >= 11 is 0. The molecule has 2 aliphatic carbocycles. The van der Waals surface area contributed by atoms with Gasteiger partial charge in [-0.25, -0.2) is 4.57 Å². The highest BCUT2D eigenvalue weighted by Gasteiger charge is 2.28. The number of rotatable bonds is 2. The van der Waals surface area contributed by atoms with Crippen molar-refractivity contribution in [2.45, 2.75) is 71.6 Å². The molecule has 1 heterocycles. The van der Waals surface area contributed by atoms with Gasteiger partial charge in [0.05, 0.1) is 5.39 Å². The predicted molar refractivity (Wildman–Crippen MR) is 122 cm³/mol. The third-order valence-electron chi connectivity index (χ3n) is 7.67. The average Bonchev–Trinajstić information content (AvgIpc) is 3.14. The van der Waals surface area contributed by atoms with Gasteiger partial charge in [-0.3, -0.25) is 0 Å². The van der Waals surface area contributed by atoms with Crippen molar-refractivity contribution >= 4 is 10.8 Å². The molecule has 2 aromatic carbocycles. The Kier molecular flexibility index (Phi) is 4.53. The monoisotopic (exact) mass is 384 g/mol. The summed E-state index contributed by atoms with van der Waals surface area (Å²) in [5.74, 6) is 0.728. The lowest BCUT2D eigenvalue weighted by atomic mass is 9.71. The number of nitrogens with zero attached hydrogens (tertiary/aromatic N) is 1. The third-order valence-corrected chi connectivity index (χ3v) is 7.67. The molecule has 1 nitrogen and oxygen atoms in total. The number of hydrogen-bond acceptors (Lipinski definition) is 0. The number of aryl methyl sites for hydroxylation is 4. The highest BCUT2D eigenvalue weighted by atomic mass is 14.9. The molecule has 1 saturated carbocycles. The van der Waals surface area contributed by atoms with Crippen molar-refractivity contribution in [2.24, 2.45) is 12.5 Å². The van der Waals surface area contributed by atoms with Crippen molar-refractivity contribution in [2.75, 3.05) is 0 Å². The summed E-state index contributed by atoms with van der Waals surface area (Å²) in [6, 6.07) is 14.5. The third kappa shape index (κ3) is 3.39. The molecule has 1 aromatic heterocycles. The fraction of sp³-hybridized carbons (Fsp3) is 0.464. The van der Waals surface area contributed by atoms with E-state index in [1.807, 2.05) is 0 Å². The van der Waals surface area contributed by atoms with Crippen molar-refractivity contribution in [3.8, 4) is 11.3 Å². The molecule has 3 aromatic rings. The van der Waals surface area contributed by atoms with Crippen LogP contribution in [0.3, 0.4) is 0 Å². The van der Waals surface area contributed by atoms with Crippen LogP contribution in [0.4, 0.5) is 0 Å². The number of hydrogen-bond donors (Lipinski definition) is 0. The van der Waals surface area contributed by atoms with Gasteiger partial charge in [0.2, 0.25) is 5.69 Å². The molecule has 150 valence electrons. The Hall–Kier alpha value is -2.15. The molecule has 0 atom stereocenters. The van der Waals surface area contributed by atoms with E-state index in [-0.39, 0.29) is 0 Å². The lowest BCUT2D eigenvalue weighted by molar-refractivity contribution is -0.659. The Bertz CT molecular complexity index is 1080. The van der Waals surface area contributed by atoms with Crippen LogP contribution in [0.2, 0.25) is 0 Å². The van der Waals surface area contributed by atoms with E-state index in [2.05, 4.69) is 75.0 Å². The maximum absolute atomic E-state index is 2.48. The van der Waals surface area contributed by atoms with Crippen LogP contribution in [-0.2, 0) is 19.9 Å². The molecular formula is C28H34N+. The van der Waals surface area contributed by atoms with Gasteiger partial charge < -0.3 is 0 Å². The summed E-state index contributed by atoms with van der Waals surface area (Å²) < 4.78 is 2.31. The SMILES string of the molecule is Cc1cc2c(cc1-c1c3ccc(C4CCC(C)(C)CC4)cc3cc[n+]1C)CCC2. The summed E-state index contributed by atoms with van der Waals surface area (Å²) in [6.45, 7) is 7.13. The highest BCUT2D eigenvalue weighted by molar-refractivity contribution is 5.94. The molecule has 0 bridgehead atoms. The molecule has 0 aliphatic heterocycles. The molecule has 1 fully saturated rings. The molecule has 0 saturated heterocycles. The molecule has 0 spiro atoms. The van der Waals surface area contributed by atoms with Gasteiger partial charge in [-0.1, -0.05) is 32.0 Å². The molecule has 0 radical (unpaired) electrons. The second-order valence-electron chi connectivity index (χ2n) is 10.3. The first kappa shape index (κ1) is 18.9. The molecule has 5 rings (SSSR count). The number of aromatic nitrogens is 1. The van der Waals surface area contributed by atoms with Gasteiger partial charge in [-0.05, 0) is 103 Å². The van der Waals surface area contributed by atoms with Crippen molar-refractivity contribution in [1.29, 1.82) is 0 Å². The number of pyridine rings is 1. The van der Waals surface area contributed by atoms with E-state index in [1.165, 1.54) is 72.5 Å². The fourth-order valence-electron chi connectivity index (χ4n) is 5.72. The van der Waals surface area contributed by atoms with E-state index >= 15 is 0 Å². The van der Waals surface area contributed by atoms with Crippen LogP contribution in [0.1, 0.15) is 74.1 Å². The molecule has 0 unspecified atom stereocenters. The van der Waals surface area contributed by atoms with Crippen molar-refractivity contribution < 1.29 is 4.57 Å². The second-order valence-corrected chi connectivity index (χ2v) is 10.3. The van der Waals surface area contributed by atoms with Crippen LogP contribution in [0, 0.1) is 12.3 Å². The Morgan fingerprint density at radius 3 is 2.41 bits per heavy atom. The molecule has 2 aliphatic rings. The zero-order valence-corrected chi connectivity index (χ0v) is 18.5. The van der Waals surface area contributed by atoms with Crippen molar-refractivity contribution in [3.05, 3.63) is 64.8 Å². The fourth-order valence-corrected chi connectivity index (χ4v) is 5.72. The van der Waals surface area contributed by atoms with Gasteiger partial charge in [0.1, 0.15) is 7.05 Å². The van der Waals surface area contributed by atoms with Crippen LogP contribution >= 0.6 is 0 Å². The Labute approximate surface area is 175 Å². The summed E-state index contributed by atoms with van der Waals surface area (Å²) in [6.07, 6.45) is 11.4. The zero-order valence-electron chi connectivity index (χ0n) is 18.5. The topological polar surface area (TPSA) is 3.88 Å². The first-order valence-corrected chi connectivity index (χ1v) is 11.5. The summed E-state index contributed by atoms with van der Waals surface area (Å²) in [4.78, 5) is 0. The van der Waals surface area contributed by atoms with Gasteiger partial charge in [-0.15, -0.1) is 0 Å². The summed E-state index contributed by atoms with van der Waals surface area (Å²) in [5.41, 5.74) is 9.38. The van der Waals surface area contributed by atoms with Gasteiger partial charge in [-0.2, -0.15) is 0 Å². The van der Waals surface area contributed by atoms with Crippen molar-refractivity contribution in [1.82, 2.24) is 0 Å². The predicted octanol–water partition coefficient (Wildman–Crippen LogP) is 6.81. The Morgan fingerprint density at radius 2 is 1.66 bits per heavy atom. The second kappa shape index (κ2) is 6.97. The standard InChI is InChI=1S/C28H34N/c1-19-16-21-6-5-7-22(21)18-26(19)27-25-9-8-23(17-24(25)12-15-29(27)4)20-10-13-28(2,3)14-11-20/h8-9,12,15-18,20H,5-7,10-11,13-14H2,1-4H3/q+1. The normalized spacial score (nSPS) is 18.9.